The molecule has 33 heavy (non-hydrogen) atoms. The Morgan fingerprint density at radius 2 is 1.55 bits per heavy atom. The number of carbonyl (C=O) groups excluding carboxylic acids is 2. The Morgan fingerprint density at radius 1 is 0.909 bits per heavy atom. The number of ether oxygens (including phenoxy) is 1. The van der Waals surface area contributed by atoms with E-state index in [-0.39, 0.29) is 21.7 Å². The third-order valence-corrected chi connectivity index (χ3v) is 5.78. The summed E-state index contributed by atoms with van der Waals surface area (Å²) in [5.74, 6) is -0.613. The molecular formula is C23H20N4O5S. The minimum atomic E-state index is -3.82. The van der Waals surface area contributed by atoms with Crippen LogP contribution >= 0.6 is 0 Å². The summed E-state index contributed by atoms with van der Waals surface area (Å²) >= 11 is 0. The fourth-order valence-electron chi connectivity index (χ4n) is 2.77. The van der Waals surface area contributed by atoms with Crippen molar-refractivity contribution in [2.45, 2.75) is 11.8 Å². The molecule has 0 aliphatic rings. The van der Waals surface area contributed by atoms with Gasteiger partial charge in [-0.2, -0.15) is 5.26 Å². The zero-order valence-electron chi connectivity index (χ0n) is 17.5. The highest BCUT2D eigenvalue weighted by Gasteiger charge is 2.15. The van der Waals surface area contributed by atoms with Gasteiger partial charge in [-0.1, -0.05) is 6.07 Å². The molecule has 0 aliphatic heterocycles. The van der Waals surface area contributed by atoms with Crippen molar-refractivity contribution in [2.75, 3.05) is 11.3 Å². The number of nitrogens with one attached hydrogen (secondary N) is 3. The molecule has 0 unspecified atom stereocenters. The van der Waals surface area contributed by atoms with E-state index in [0.29, 0.717) is 17.9 Å². The lowest BCUT2D eigenvalue weighted by Crippen LogP contribution is -2.41. The van der Waals surface area contributed by atoms with Crippen LogP contribution in [0.25, 0.3) is 0 Å². The number of nitrogens with zero attached hydrogens (tertiary/aromatic N) is 1. The average Bonchev–Trinajstić information content (AvgIpc) is 2.83. The van der Waals surface area contributed by atoms with E-state index in [2.05, 4.69) is 15.6 Å². The number of anilines is 1. The fourth-order valence-corrected chi connectivity index (χ4v) is 3.83. The molecule has 2 amide bonds. The molecule has 0 aromatic heterocycles. The van der Waals surface area contributed by atoms with E-state index >= 15 is 0 Å². The molecule has 0 spiro atoms. The number of rotatable bonds is 7. The highest BCUT2D eigenvalue weighted by Crippen LogP contribution is 2.19. The summed E-state index contributed by atoms with van der Waals surface area (Å²) in [6.45, 7) is 2.31. The summed E-state index contributed by atoms with van der Waals surface area (Å²) in [6.07, 6.45) is 0. The Hall–Kier alpha value is -4.36. The second kappa shape index (κ2) is 10.3. The second-order valence-corrected chi connectivity index (χ2v) is 8.37. The predicted molar refractivity (Wildman–Crippen MR) is 121 cm³/mol. The monoisotopic (exact) mass is 464 g/mol. The standard InChI is InChI=1S/C23H20N4O5S/c1-2-32-20-10-12-21(13-11-20)33(30,31)27-19-8-6-17(7-9-19)22(28)25-26-23(29)18-5-3-4-16(14-18)15-24/h3-14,27H,2H2,1H3,(H,25,28)(H,26,29). The van der Waals surface area contributed by atoms with Crippen molar-refractivity contribution in [3.8, 4) is 11.8 Å². The van der Waals surface area contributed by atoms with Gasteiger partial charge in [0.05, 0.1) is 23.1 Å². The molecule has 0 atom stereocenters. The maximum Gasteiger partial charge on any atom is 0.269 e. The molecule has 9 nitrogen and oxygen atoms in total. The normalized spacial score (nSPS) is 10.5. The van der Waals surface area contributed by atoms with Gasteiger partial charge in [-0.25, -0.2) is 8.42 Å². The SMILES string of the molecule is CCOc1ccc(S(=O)(=O)Nc2ccc(C(=O)NNC(=O)c3cccc(C#N)c3)cc2)cc1. The molecule has 0 radical (unpaired) electrons. The van der Waals surface area contributed by atoms with E-state index in [4.69, 9.17) is 10.00 Å². The Labute approximate surface area is 191 Å². The van der Waals surface area contributed by atoms with Gasteiger partial charge in [0.1, 0.15) is 5.75 Å². The van der Waals surface area contributed by atoms with Crippen molar-refractivity contribution >= 4 is 27.5 Å². The van der Waals surface area contributed by atoms with Crippen molar-refractivity contribution in [1.29, 1.82) is 5.26 Å². The Morgan fingerprint density at radius 3 is 2.15 bits per heavy atom. The van der Waals surface area contributed by atoms with E-state index in [1.807, 2.05) is 13.0 Å². The van der Waals surface area contributed by atoms with Crippen molar-refractivity contribution in [3.63, 3.8) is 0 Å². The lowest BCUT2D eigenvalue weighted by Gasteiger charge is -2.10. The van der Waals surface area contributed by atoms with Crippen molar-refractivity contribution in [1.82, 2.24) is 10.9 Å². The highest BCUT2D eigenvalue weighted by atomic mass is 32.2. The maximum absolute atomic E-state index is 12.5. The van der Waals surface area contributed by atoms with Crippen molar-refractivity contribution < 1.29 is 22.7 Å². The minimum absolute atomic E-state index is 0.0657. The molecule has 0 saturated carbocycles. The first-order valence-electron chi connectivity index (χ1n) is 9.79. The van der Waals surface area contributed by atoms with Gasteiger partial charge in [0.25, 0.3) is 21.8 Å². The number of carbonyl (C=O) groups is 2. The van der Waals surface area contributed by atoms with E-state index in [0.717, 1.165) is 0 Å². The summed E-state index contributed by atoms with van der Waals surface area (Å²) < 4.78 is 32.8. The third-order valence-electron chi connectivity index (χ3n) is 4.39. The Balaban J connectivity index is 1.60. The summed E-state index contributed by atoms with van der Waals surface area (Å²) in [5.41, 5.74) is 5.53. The van der Waals surface area contributed by atoms with Gasteiger partial charge < -0.3 is 4.74 Å². The van der Waals surface area contributed by atoms with Crippen LogP contribution in [0, 0.1) is 11.3 Å². The van der Waals surface area contributed by atoms with E-state index < -0.39 is 21.8 Å². The molecule has 10 heteroatoms. The summed E-state index contributed by atoms with van der Waals surface area (Å²) in [4.78, 5) is 24.5. The minimum Gasteiger partial charge on any atom is -0.494 e. The van der Waals surface area contributed by atoms with Gasteiger partial charge in [0.2, 0.25) is 0 Å². The van der Waals surface area contributed by atoms with Crippen molar-refractivity contribution in [3.05, 3.63) is 89.5 Å². The lowest BCUT2D eigenvalue weighted by atomic mass is 10.1. The number of amides is 2. The molecule has 3 rings (SSSR count). The molecule has 0 fully saturated rings. The number of benzene rings is 3. The summed E-state index contributed by atoms with van der Waals surface area (Å²) in [7, 11) is -3.82. The molecule has 168 valence electrons. The number of nitriles is 1. The van der Waals surface area contributed by atoms with Gasteiger partial charge >= 0.3 is 0 Å². The predicted octanol–water partition coefficient (Wildman–Crippen LogP) is 2.83. The first-order valence-corrected chi connectivity index (χ1v) is 11.3. The average molecular weight is 465 g/mol. The Bertz CT molecular complexity index is 1300. The molecular weight excluding hydrogens is 444 g/mol. The Kier molecular flexibility index (Phi) is 7.27. The van der Waals surface area contributed by atoms with Gasteiger partial charge in [-0.05, 0) is 73.7 Å². The lowest BCUT2D eigenvalue weighted by molar-refractivity contribution is 0.0846. The topological polar surface area (TPSA) is 137 Å². The summed E-state index contributed by atoms with van der Waals surface area (Å²) in [6, 6.07) is 19.6. The molecule has 3 aromatic rings. The zero-order valence-corrected chi connectivity index (χ0v) is 18.3. The van der Waals surface area contributed by atoms with Gasteiger partial charge in [-0.3, -0.25) is 25.2 Å². The zero-order chi connectivity index (χ0) is 23.8. The van der Waals surface area contributed by atoms with Crippen LogP contribution in [0.5, 0.6) is 5.75 Å². The van der Waals surface area contributed by atoms with Crippen molar-refractivity contribution in [2.24, 2.45) is 0 Å². The molecule has 0 heterocycles. The number of sulfonamides is 1. The van der Waals surface area contributed by atoms with E-state index in [9.17, 15) is 18.0 Å². The van der Waals surface area contributed by atoms with Gasteiger partial charge in [0, 0.05) is 16.8 Å². The molecule has 0 saturated heterocycles. The van der Waals surface area contributed by atoms with Crippen LogP contribution in [0.15, 0.2) is 77.7 Å². The molecule has 3 aromatic carbocycles. The third kappa shape index (κ3) is 6.09. The fraction of sp³-hybridized carbons (Fsp3) is 0.0870. The smallest absolute Gasteiger partial charge is 0.269 e. The number of hydrogen-bond donors (Lipinski definition) is 3. The maximum atomic E-state index is 12.5. The van der Waals surface area contributed by atoms with Crippen LogP contribution in [0.1, 0.15) is 33.2 Å². The van der Waals surface area contributed by atoms with Crippen LogP contribution in [0.4, 0.5) is 5.69 Å². The first kappa shape index (κ1) is 23.3. The first-order chi connectivity index (χ1) is 15.8. The van der Waals surface area contributed by atoms with E-state index in [1.165, 1.54) is 48.5 Å². The van der Waals surface area contributed by atoms with Gasteiger partial charge in [0.15, 0.2) is 0 Å². The van der Waals surface area contributed by atoms with E-state index in [1.54, 1.807) is 24.3 Å². The largest absolute Gasteiger partial charge is 0.494 e. The van der Waals surface area contributed by atoms with Crippen LogP contribution < -0.4 is 20.3 Å². The number of hydrazine groups is 1. The van der Waals surface area contributed by atoms with Gasteiger partial charge in [-0.15, -0.1) is 0 Å². The van der Waals surface area contributed by atoms with Crippen LogP contribution in [-0.4, -0.2) is 26.8 Å². The quantitative estimate of drug-likeness (QED) is 0.460. The second-order valence-electron chi connectivity index (χ2n) is 6.69. The van der Waals surface area contributed by atoms with Crippen LogP contribution in [0.3, 0.4) is 0 Å². The molecule has 3 N–H and O–H groups in total. The number of hydrogen-bond acceptors (Lipinski definition) is 6. The highest BCUT2D eigenvalue weighted by molar-refractivity contribution is 7.92. The molecule has 0 bridgehead atoms. The molecule has 0 aliphatic carbocycles. The summed E-state index contributed by atoms with van der Waals surface area (Å²) in [5, 5.41) is 8.90. The van der Waals surface area contributed by atoms with Crippen LogP contribution in [-0.2, 0) is 10.0 Å². The van der Waals surface area contributed by atoms with Crippen LogP contribution in [0.2, 0.25) is 0 Å².